The van der Waals surface area contributed by atoms with E-state index in [-0.39, 0.29) is 0 Å². The van der Waals surface area contributed by atoms with Crippen LogP contribution in [0.2, 0.25) is 0 Å². The number of thiophene rings is 1. The predicted molar refractivity (Wildman–Crippen MR) is 70.9 cm³/mol. The van der Waals surface area contributed by atoms with Gasteiger partial charge in [0.05, 0.1) is 0 Å². The van der Waals surface area contributed by atoms with Gasteiger partial charge in [0.1, 0.15) is 15.1 Å². The lowest BCUT2D eigenvalue weighted by molar-refractivity contribution is 1.39. The number of rotatable bonds is 2. The Morgan fingerprint density at radius 2 is 2.33 bits per heavy atom. The Labute approximate surface area is 101 Å². The van der Waals surface area contributed by atoms with Crippen LogP contribution in [0.15, 0.2) is 28.7 Å². The van der Waals surface area contributed by atoms with Gasteiger partial charge in [0.15, 0.2) is 0 Å². The summed E-state index contributed by atoms with van der Waals surface area (Å²) in [4.78, 5) is 10.1. The number of aliphatic imine (C=N–C) groups is 1. The number of aryl methyl sites for hydroxylation is 1. The zero-order valence-electron chi connectivity index (χ0n) is 8.43. The van der Waals surface area contributed by atoms with Crippen LogP contribution in [0.4, 0.5) is 5.00 Å². The second-order valence-electron chi connectivity index (χ2n) is 2.84. The number of thioether (sulfide) groups is 1. The molecule has 2 aromatic rings. The fourth-order valence-electron chi connectivity index (χ4n) is 1.09. The Bertz CT molecular complexity index is 457. The van der Waals surface area contributed by atoms with Gasteiger partial charge in [0.2, 0.25) is 0 Å². The minimum absolute atomic E-state index is 0.992. The van der Waals surface area contributed by atoms with E-state index in [0.29, 0.717) is 0 Å². The number of aromatic nitrogens is 1. The zero-order chi connectivity index (χ0) is 10.7. The van der Waals surface area contributed by atoms with Gasteiger partial charge in [0.25, 0.3) is 0 Å². The highest BCUT2D eigenvalue weighted by molar-refractivity contribution is 8.14. The molecule has 0 saturated heterocycles. The number of nitrogens with zero attached hydrogens (tertiary/aromatic N) is 2. The molecule has 2 aromatic heterocycles. The second-order valence-corrected chi connectivity index (χ2v) is 5.80. The van der Waals surface area contributed by atoms with Crippen molar-refractivity contribution in [3.63, 3.8) is 0 Å². The van der Waals surface area contributed by atoms with Gasteiger partial charge in [-0.15, -0.1) is 34.4 Å². The van der Waals surface area contributed by atoms with Crippen molar-refractivity contribution in [1.29, 1.82) is 0 Å². The van der Waals surface area contributed by atoms with Gasteiger partial charge >= 0.3 is 0 Å². The molecule has 5 heteroatoms. The summed E-state index contributed by atoms with van der Waals surface area (Å²) in [6.07, 6.45) is 3.84. The maximum atomic E-state index is 4.59. The summed E-state index contributed by atoms with van der Waals surface area (Å²) in [6.45, 7) is 2.09. The average molecular weight is 254 g/mol. The van der Waals surface area contributed by atoms with Gasteiger partial charge in [-0.25, -0.2) is 9.98 Å². The van der Waals surface area contributed by atoms with Gasteiger partial charge in [-0.1, -0.05) is 0 Å². The average Bonchev–Trinajstić information content (AvgIpc) is 2.85. The lowest BCUT2D eigenvalue weighted by atomic mass is 10.5. The van der Waals surface area contributed by atoms with Gasteiger partial charge in [0, 0.05) is 16.5 Å². The highest BCUT2D eigenvalue weighted by Gasteiger charge is 2.05. The van der Waals surface area contributed by atoms with Crippen molar-refractivity contribution in [3.05, 3.63) is 33.6 Å². The molecule has 0 bridgehead atoms. The lowest BCUT2D eigenvalue weighted by Gasteiger charge is -1.96. The smallest absolute Gasteiger partial charge is 0.148 e. The Balaban J connectivity index is 2.31. The fraction of sp³-hybridized carbons (Fsp3) is 0.200. The van der Waals surface area contributed by atoms with E-state index in [4.69, 9.17) is 0 Å². The van der Waals surface area contributed by atoms with E-state index >= 15 is 0 Å². The maximum absolute atomic E-state index is 4.59. The van der Waals surface area contributed by atoms with Crippen molar-refractivity contribution in [2.24, 2.45) is 4.99 Å². The molecule has 2 heterocycles. The fourth-order valence-corrected chi connectivity index (χ4v) is 3.22. The van der Waals surface area contributed by atoms with Crippen LogP contribution < -0.4 is 0 Å². The van der Waals surface area contributed by atoms with E-state index in [1.165, 1.54) is 4.88 Å². The number of hydrogen-bond acceptors (Lipinski definition) is 5. The molecule has 0 aliphatic carbocycles. The van der Waals surface area contributed by atoms with Crippen molar-refractivity contribution in [2.75, 3.05) is 6.26 Å². The minimum Gasteiger partial charge on any atom is -0.242 e. The molecule has 0 aliphatic heterocycles. The van der Waals surface area contributed by atoms with Crippen molar-refractivity contribution in [2.45, 2.75) is 6.92 Å². The zero-order valence-corrected chi connectivity index (χ0v) is 10.9. The molecule has 0 aromatic carbocycles. The molecule has 2 rings (SSSR count). The molecule has 2 nitrogen and oxygen atoms in total. The van der Waals surface area contributed by atoms with E-state index in [1.807, 2.05) is 23.9 Å². The third kappa shape index (κ3) is 2.68. The molecule has 0 N–H and O–H groups in total. The summed E-state index contributed by atoms with van der Waals surface area (Å²) < 4.78 is 0. The van der Waals surface area contributed by atoms with Crippen LogP contribution in [-0.4, -0.2) is 16.3 Å². The van der Waals surface area contributed by atoms with Gasteiger partial charge in [-0.05, 0) is 25.3 Å². The molecule has 0 spiro atoms. The summed E-state index contributed by atoms with van der Waals surface area (Å²) in [7, 11) is 0. The SMILES string of the molecule is CSC(=Nc1ccc(C)s1)c1nccs1. The van der Waals surface area contributed by atoms with Crippen LogP contribution in [0.5, 0.6) is 0 Å². The van der Waals surface area contributed by atoms with E-state index in [0.717, 1.165) is 15.1 Å². The minimum atomic E-state index is 0.992. The molecule has 0 radical (unpaired) electrons. The molecule has 78 valence electrons. The third-order valence-electron chi connectivity index (χ3n) is 1.75. The van der Waals surface area contributed by atoms with Crippen LogP contribution in [0.3, 0.4) is 0 Å². The molecule has 0 fully saturated rings. The van der Waals surface area contributed by atoms with Crippen LogP contribution >= 0.6 is 34.4 Å². The first-order valence-electron chi connectivity index (χ1n) is 4.38. The predicted octanol–water partition coefficient (Wildman–Crippen LogP) is 3.95. The number of thiazole rings is 1. The van der Waals surface area contributed by atoms with Crippen molar-refractivity contribution in [3.8, 4) is 0 Å². The standard InChI is InChI=1S/C10H10N2S3/c1-7-3-4-8(15-7)12-10(13-2)9-11-5-6-14-9/h3-6H,1-2H3. The van der Waals surface area contributed by atoms with Gasteiger partial charge in [-0.2, -0.15) is 0 Å². The Kier molecular flexibility index (Phi) is 3.56. The van der Waals surface area contributed by atoms with Crippen LogP contribution in [0, 0.1) is 6.92 Å². The Morgan fingerprint density at radius 3 is 2.87 bits per heavy atom. The van der Waals surface area contributed by atoms with Crippen LogP contribution in [-0.2, 0) is 0 Å². The van der Waals surface area contributed by atoms with E-state index < -0.39 is 0 Å². The summed E-state index contributed by atoms with van der Waals surface area (Å²) in [5.41, 5.74) is 0. The van der Waals surface area contributed by atoms with Crippen molar-refractivity contribution in [1.82, 2.24) is 4.98 Å². The van der Waals surface area contributed by atoms with Crippen LogP contribution in [0.1, 0.15) is 9.88 Å². The molecule has 0 atom stereocenters. The molecule has 0 unspecified atom stereocenters. The van der Waals surface area contributed by atoms with E-state index in [9.17, 15) is 0 Å². The Hall–Kier alpha value is -0.650. The van der Waals surface area contributed by atoms with Crippen molar-refractivity contribution < 1.29 is 0 Å². The third-order valence-corrected chi connectivity index (χ3v) is 4.22. The molecule has 0 saturated carbocycles. The van der Waals surface area contributed by atoms with E-state index in [1.54, 1.807) is 34.4 Å². The monoisotopic (exact) mass is 254 g/mol. The molecule has 15 heavy (non-hydrogen) atoms. The molecular formula is C10H10N2S3. The topological polar surface area (TPSA) is 25.2 Å². The second kappa shape index (κ2) is 4.92. The summed E-state index contributed by atoms with van der Waals surface area (Å²) in [5, 5.41) is 5.01. The first-order valence-corrected chi connectivity index (χ1v) is 7.30. The Morgan fingerprint density at radius 1 is 1.47 bits per heavy atom. The quantitative estimate of drug-likeness (QED) is 0.599. The van der Waals surface area contributed by atoms with Crippen molar-refractivity contribution >= 4 is 44.5 Å². The largest absolute Gasteiger partial charge is 0.242 e. The lowest BCUT2D eigenvalue weighted by Crippen LogP contribution is -1.91. The molecule has 0 amide bonds. The van der Waals surface area contributed by atoms with Gasteiger partial charge in [-0.3, -0.25) is 0 Å². The first-order chi connectivity index (χ1) is 7.29. The van der Waals surface area contributed by atoms with Crippen LogP contribution in [0.25, 0.3) is 0 Å². The summed E-state index contributed by atoms with van der Waals surface area (Å²) in [5.74, 6) is 0. The summed E-state index contributed by atoms with van der Waals surface area (Å²) in [6, 6.07) is 4.13. The maximum Gasteiger partial charge on any atom is 0.148 e. The first kappa shape index (κ1) is 10.9. The molecule has 0 aliphatic rings. The normalized spacial score (nSPS) is 12.0. The highest BCUT2D eigenvalue weighted by Crippen LogP contribution is 2.27. The molecular weight excluding hydrogens is 244 g/mol. The summed E-state index contributed by atoms with van der Waals surface area (Å²) >= 11 is 4.96. The highest BCUT2D eigenvalue weighted by atomic mass is 32.2. The van der Waals surface area contributed by atoms with Gasteiger partial charge < -0.3 is 0 Å². The number of hydrogen-bond donors (Lipinski definition) is 0. The van der Waals surface area contributed by atoms with E-state index in [2.05, 4.69) is 23.0 Å².